The van der Waals surface area contributed by atoms with Gasteiger partial charge in [0.15, 0.2) is 0 Å². The molecule has 0 atom stereocenters. The number of H-pyrrole nitrogens is 2. The number of nitrogens with one attached hydrogen (secondary N) is 2. The summed E-state index contributed by atoms with van der Waals surface area (Å²) in [5, 5.41) is 3.93. The van der Waals surface area contributed by atoms with E-state index >= 15 is 0 Å². The Kier molecular flexibility index (Phi) is 1.29. The maximum Gasteiger partial charge on any atom is 0.351 e. The van der Waals surface area contributed by atoms with Gasteiger partial charge in [-0.25, -0.2) is 19.8 Å². The highest BCUT2D eigenvalue weighted by atomic mass is 16.2. The Morgan fingerprint density at radius 1 is 1.30 bits per heavy atom. The molecule has 1 rings (SSSR count). The summed E-state index contributed by atoms with van der Waals surface area (Å²) in [5.41, 5.74) is -1.48. The molecule has 0 aliphatic carbocycles. The highest BCUT2D eigenvalue weighted by Crippen LogP contribution is 1.64. The first-order valence-corrected chi connectivity index (χ1v) is 2.53. The van der Waals surface area contributed by atoms with Crippen molar-refractivity contribution >= 4 is 5.91 Å². The van der Waals surface area contributed by atoms with Gasteiger partial charge in [-0.2, -0.15) is 4.57 Å². The molecular weight excluding hydrogens is 138 g/mol. The van der Waals surface area contributed by atoms with E-state index in [1.165, 1.54) is 0 Å². The Hall–Kier alpha value is -1.59. The van der Waals surface area contributed by atoms with E-state index < -0.39 is 17.3 Å². The van der Waals surface area contributed by atoms with Crippen molar-refractivity contribution in [2.45, 2.75) is 6.92 Å². The van der Waals surface area contributed by atoms with Gasteiger partial charge in [-0.1, -0.05) is 0 Å². The van der Waals surface area contributed by atoms with Crippen LogP contribution in [0.2, 0.25) is 0 Å². The van der Waals surface area contributed by atoms with Crippen molar-refractivity contribution in [2.24, 2.45) is 0 Å². The topological polar surface area (TPSA) is 87.7 Å². The van der Waals surface area contributed by atoms with Crippen LogP contribution in [0.25, 0.3) is 0 Å². The molecule has 0 saturated heterocycles. The van der Waals surface area contributed by atoms with Crippen molar-refractivity contribution < 1.29 is 4.79 Å². The number of carbonyl (C=O) groups is 1. The van der Waals surface area contributed by atoms with Gasteiger partial charge in [0, 0.05) is 6.92 Å². The zero-order chi connectivity index (χ0) is 7.72. The van der Waals surface area contributed by atoms with E-state index in [0.717, 1.165) is 6.92 Å². The molecule has 0 amide bonds. The zero-order valence-corrected chi connectivity index (χ0v) is 5.17. The maximum absolute atomic E-state index is 10.5. The van der Waals surface area contributed by atoms with Crippen LogP contribution in [0, 0.1) is 0 Å². The van der Waals surface area contributed by atoms with Gasteiger partial charge in [0.05, 0.1) is 0 Å². The third kappa shape index (κ3) is 0.790. The van der Waals surface area contributed by atoms with E-state index in [-0.39, 0.29) is 0 Å². The highest BCUT2D eigenvalue weighted by Gasteiger charge is 2.05. The van der Waals surface area contributed by atoms with E-state index in [1.54, 1.807) is 0 Å². The minimum Gasteiger partial charge on any atom is -0.274 e. The predicted molar refractivity (Wildman–Crippen MR) is 32.0 cm³/mol. The average Bonchev–Trinajstić information content (AvgIpc) is 2.11. The summed E-state index contributed by atoms with van der Waals surface area (Å²) >= 11 is 0. The standard InChI is InChI=1S/C4H5N3O3/c1-2(8)7-3(9)5-6-4(7)10/h1H3,(H,5,9)(H,6,10). The SMILES string of the molecule is CC(=O)n1c(=O)[nH][nH]c1=O. The molecule has 0 saturated carbocycles. The Bertz CT molecular complexity index is 327. The maximum atomic E-state index is 10.5. The first kappa shape index (κ1) is 6.53. The molecule has 2 N–H and O–H groups in total. The van der Waals surface area contributed by atoms with E-state index in [9.17, 15) is 14.4 Å². The quantitative estimate of drug-likeness (QED) is 0.464. The van der Waals surface area contributed by atoms with E-state index in [1.807, 2.05) is 10.2 Å². The zero-order valence-electron chi connectivity index (χ0n) is 5.17. The van der Waals surface area contributed by atoms with Gasteiger partial charge in [0.25, 0.3) is 0 Å². The molecule has 1 aromatic heterocycles. The highest BCUT2D eigenvalue weighted by molar-refractivity contribution is 5.75. The minimum absolute atomic E-state index is 0.472. The second-order valence-electron chi connectivity index (χ2n) is 1.71. The molecule has 10 heavy (non-hydrogen) atoms. The summed E-state index contributed by atoms with van der Waals surface area (Å²) < 4.78 is 0.472. The van der Waals surface area contributed by atoms with Gasteiger partial charge in [0.1, 0.15) is 0 Å². The van der Waals surface area contributed by atoms with Crippen LogP contribution >= 0.6 is 0 Å². The van der Waals surface area contributed by atoms with E-state index in [2.05, 4.69) is 0 Å². The van der Waals surface area contributed by atoms with Crippen LogP contribution in [0.5, 0.6) is 0 Å². The predicted octanol–water partition coefficient (Wildman–Crippen LogP) is -1.48. The molecular formula is C4H5N3O3. The molecule has 0 aliphatic rings. The molecule has 0 fully saturated rings. The van der Waals surface area contributed by atoms with Crippen LogP contribution in [0.3, 0.4) is 0 Å². The molecule has 0 radical (unpaired) electrons. The Morgan fingerprint density at radius 3 is 1.90 bits per heavy atom. The molecule has 0 spiro atoms. The first-order valence-electron chi connectivity index (χ1n) is 2.53. The van der Waals surface area contributed by atoms with Crippen LogP contribution in [0.1, 0.15) is 11.7 Å². The lowest BCUT2D eigenvalue weighted by molar-refractivity contribution is 0.0929. The minimum atomic E-state index is -0.738. The summed E-state index contributed by atoms with van der Waals surface area (Å²) in [6.07, 6.45) is 0. The van der Waals surface area contributed by atoms with Gasteiger partial charge in [-0.15, -0.1) is 0 Å². The monoisotopic (exact) mass is 143 g/mol. The number of carbonyl (C=O) groups excluding carboxylic acids is 1. The molecule has 1 heterocycles. The van der Waals surface area contributed by atoms with Crippen LogP contribution < -0.4 is 11.4 Å². The van der Waals surface area contributed by atoms with Gasteiger partial charge >= 0.3 is 11.4 Å². The second kappa shape index (κ2) is 1.98. The molecule has 0 unspecified atom stereocenters. The third-order valence-corrected chi connectivity index (χ3v) is 0.997. The largest absolute Gasteiger partial charge is 0.351 e. The summed E-state index contributed by atoms with van der Waals surface area (Å²) in [5.74, 6) is -0.604. The number of aromatic amines is 2. The van der Waals surface area contributed by atoms with Crippen molar-refractivity contribution in [2.75, 3.05) is 0 Å². The Balaban J connectivity index is 3.53. The Labute approximate surface area is 54.5 Å². The number of rotatable bonds is 0. The van der Waals surface area contributed by atoms with Gasteiger partial charge in [-0.05, 0) is 0 Å². The summed E-state index contributed by atoms with van der Waals surface area (Å²) in [6, 6.07) is 0. The Morgan fingerprint density at radius 2 is 1.70 bits per heavy atom. The van der Waals surface area contributed by atoms with Crippen molar-refractivity contribution in [3.05, 3.63) is 21.0 Å². The van der Waals surface area contributed by atoms with Crippen LogP contribution in [0.4, 0.5) is 0 Å². The van der Waals surface area contributed by atoms with Crippen molar-refractivity contribution in [1.82, 2.24) is 14.8 Å². The molecule has 1 aromatic rings. The lowest BCUT2D eigenvalue weighted by Crippen LogP contribution is -2.30. The van der Waals surface area contributed by atoms with Gasteiger partial charge in [-0.3, -0.25) is 4.79 Å². The molecule has 6 heteroatoms. The van der Waals surface area contributed by atoms with Crippen molar-refractivity contribution in [3.8, 4) is 0 Å². The fraction of sp³-hybridized carbons (Fsp3) is 0.250. The number of nitrogens with zero attached hydrogens (tertiary/aromatic N) is 1. The summed E-state index contributed by atoms with van der Waals surface area (Å²) in [7, 11) is 0. The summed E-state index contributed by atoms with van der Waals surface area (Å²) in [6.45, 7) is 1.13. The van der Waals surface area contributed by atoms with Crippen molar-refractivity contribution in [3.63, 3.8) is 0 Å². The summed E-state index contributed by atoms with van der Waals surface area (Å²) in [4.78, 5) is 31.5. The number of aromatic nitrogens is 3. The lowest BCUT2D eigenvalue weighted by atomic mass is 10.7. The van der Waals surface area contributed by atoms with Crippen LogP contribution in [-0.2, 0) is 0 Å². The molecule has 6 nitrogen and oxygen atoms in total. The molecule has 0 aliphatic heterocycles. The second-order valence-corrected chi connectivity index (χ2v) is 1.71. The van der Waals surface area contributed by atoms with Crippen LogP contribution in [0.15, 0.2) is 9.59 Å². The first-order chi connectivity index (χ1) is 4.63. The van der Waals surface area contributed by atoms with Crippen molar-refractivity contribution in [1.29, 1.82) is 0 Å². The normalized spacial score (nSPS) is 9.70. The number of hydrogen-bond acceptors (Lipinski definition) is 3. The average molecular weight is 143 g/mol. The fourth-order valence-corrected chi connectivity index (χ4v) is 0.597. The number of hydrogen-bond donors (Lipinski definition) is 2. The molecule has 0 aromatic carbocycles. The fourth-order valence-electron chi connectivity index (χ4n) is 0.597. The van der Waals surface area contributed by atoms with Gasteiger partial charge in [0.2, 0.25) is 5.91 Å². The van der Waals surface area contributed by atoms with E-state index in [0.29, 0.717) is 4.57 Å². The lowest BCUT2D eigenvalue weighted by Gasteiger charge is -1.84. The molecule has 0 bridgehead atoms. The van der Waals surface area contributed by atoms with E-state index in [4.69, 9.17) is 0 Å². The van der Waals surface area contributed by atoms with Gasteiger partial charge < -0.3 is 0 Å². The smallest absolute Gasteiger partial charge is 0.274 e. The third-order valence-electron chi connectivity index (χ3n) is 0.997. The van der Waals surface area contributed by atoms with Crippen LogP contribution in [-0.4, -0.2) is 20.7 Å². The molecule has 54 valence electrons.